The monoisotopic (exact) mass is 321 g/mol. The van der Waals surface area contributed by atoms with E-state index in [1.165, 1.54) is 0 Å². The first-order chi connectivity index (χ1) is 9.41. The summed E-state index contributed by atoms with van der Waals surface area (Å²) in [6, 6.07) is 7.01. The van der Waals surface area contributed by atoms with Crippen LogP contribution in [0.4, 0.5) is 0 Å². The average Bonchev–Trinajstić information content (AvgIpc) is 2.87. The summed E-state index contributed by atoms with van der Waals surface area (Å²) in [5.74, 6) is -1.94. The molecule has 4 N–H and O–H groups in total. The van der Waals surface area contributed by atoms with E-state index in [0.717, 1.165) is 16.0 Å². The number of carbonyl (C=O) groups is 1. The number of aliphatic hydroxyl groups excluding tert-OH is 4. The Morgan fingerprint density at radius 3 is 2.33 bits per heavy atom. The van der Waals surface area contributed by atoms with Crippen molar-refractivity contribution in [2.45, 2.75) is 24.4 Å². The molecule has 7 nitrogen and oxygen atoms in total. The van der Waals surface area contributed by atoms with E-state index in [0.29, 0.717) is 5.52 Å². The van der Waals surface area contributed by atoms with E-state index in [9.17, 15) is 25.2 Å². The topological polar surface area (TPSA) is 134 Å². The van der Waals surface area contributed by atoms with Gasteiger partial charge < -0.3 is 30.3 Å². The van der Waals surface area contributed by atoms with Gasteiger partial charge in [-0.15, -0.1) is 11.3 Å². The minimum Gasteiger partial charge on any atom is -0.547 e. The van der Waals surface area contributed by atoms with Crippen molar-refractivity contribution in [1.82, 2.24) is 4.98 Å². The Bertz CT molecular complexity index is 588. The Morgan fingerprint density at radius 1 is 1.14 bits per heavy atom. The number of nitrogens with zero attached hydrogens (tertiary/aromatic N) is 1. The Balaban J connectivity index is 0.00000220. The molecule has 21 heavy (non-hydrogen) atoms. The Morgan fingerprint density at radius 2 is 1.76 bits per heavy atom. The van der Waals surface area contributed by atoms with E-state index in [2.05, 4.69) is 4.98 Å². The smallest absolute Gasteiger partial charge is 0.547 e. The molecule has 1 aromatic heterocycles. The molecule has 0 aliphatic carbocycles. The molecule has 0 saturated heterocycles. The first kappa shape index (κ1) is 18.5. The predicted molar refractivity (Wildman–Crippen MR) is 67.6 cm³/mol. The fourth-order valence-electron chi connectivity index (χ4n) is 1.68. The fraction of sp³-hybridized carbons (Fsp3) is 0.333. The number of thiazole rings is 1. The molecule has 0 bridgehead atoms. The second-order valence-corrected chi connectivity index (χ2v) is 5.27. The molecular weight excluding hydrogens is 309 g/mol. The number of aliphatic hydroxyl groups is 4. The zero-order valence-electron chi connectivity index (χ0n) is 11.1. The van der Waals surface area contributed by atoms with Gasteiger partial charge in [0.05, 0.1) is 16.2 Å². The number of hydrogen-bond donors (Lipinski definition) is 4. The molecular formula is C12H12NNaO6S. The molecule has 0 fully saturated rings. The van der Waals surface area contributed by atoms with Gasteiger partial charge in [0.15, 0.2) is 0 Å². The van der Waals surface area contributed by atoms with Gasteiger partial charge in [0, 0.05) is 0 Å². The van der Waals surface area contributed by atoms with Gasteiger partial charge in [0.25, 0.3) is 0 Å². The first-order valence-electron chi connectivity index (χ1n) is 5.70. The maximum Gasteiger partial charge on any atom is 1.00 e. The van der Waals surface area contributed by atoms with Crippen molar-refractivity contribution in [2.75, 3.05) is 0 Å². The molecule has 2 rings (SSSR count). The standard InChI is InChI=1S/C12H13NO6S.Na/c14-7(8(15)10(17)12(18)19)9(16)11-13-5-3-1-2-4-6(5)20-11;/h1-4,7-10,14-17H,(H,18,19);/q;+1/p-1. The van der Waals surface area contributed by atoms with Crippen LogP contribution < -0.4 is 34.7 Å². The van der Waals surface area contributed by atoms with Crippen molar-refractivity contribution >= 4 is 27.5 Å². The molecule has 1 aromatic carbocycles. The van der Waals surface area contributed by atoms with E-state index in [1.54, 1.807) is 24.3 Å². The third-order valence-electron chi connectivity index (χ3n) is 2.80. The maximum atomic E-state index is 10.4. The van der Waals surface area contributed by atoms with Crippen LogP contribution in [0.25, 0.3) is 10.2 Å². The second kappa shape index (κ2) is 7.61. The molecule has 0 aliphatic rings. The van der Waals surface area contributed by atoms with Crippen molar-refractivity contribution < 1.29 is 59.9 Å². The van der Waals surface area contributed by atoms with Crippen LogP contribution in [0.15, 0.2) is 24.3 Å². The predicted octanol–water partition coefficient (Wildman–Crippen LogP) is -4.83. The summed E-state index contributed by atoms with van der Waals surface area (Å²) in [5.41, 5.74) is 0.605. The molecule has 0 radical (unpaired) electrons. The van der Waals surface area contributed by atoms with E-state index < -0.39 is 30.4 Å². The van der Waals surface area contributed by atoms with Gasteiger partial charge in [0.1, 0.15) is 29.4 Å². The minimum absolute atomic E-state index is 0. The Hall–Kier alpha value is -0.580. The molecule has 108 valence electrons. The molecule has 2 aromatic rings. The molecule has 0 spiro atoms. The maximum absolute atomic E-state index is 10.4. The van der Waals surface area contributed by atoms with Crippen molar-refractivity contribution in [3.05, 3.63) is 29.3 Å². The summed E-state index contributed by atoms with van der Waals surface area (Å²) in [6.45, 7) is 0. The van der Waals surface area contributed by atoms with Crippen LogP contribution in [0.5, 0.6) is 0 Å². The van der Waals surface area contributed by atoms with E-state index in [1.807, 2.05) is 0 Å². The normalized spacial score (nSPS) is 16.8. The summed E-state index contributed by atoms with van der Waals surface area (Å²) in [4.78, 5) is 14.5. The number of benzene rings is 1. The number of carboxylic acids is 1. The second-order valence-electron chi connectivity index (χ2n) is 4.21. The van der Waals surface area contributed by atoms with Crippen LogP contribution in [0.1, 0.15) is 11.1 Å². The van der Waals surface area contributed by atoms with Gasteiger partial charge in [0.2, 0.25) is 0 Å². The number of carbonyl (C=O) groups excluding carboxylic acids is 1. The van der Waals surface area contributed by atoms with Crippen molar-refractivity contribution in [2.24, 2.45) is 0 Å². The van der Waals surface area contributed by atoms with Gasteiger partial charge in [-0.2, -0.15) is 0 Å². The van der Waals surface area contributed by atoms with Gasteiger partial charge >= 0.3 is 29.6 Å². The van der Waals surface area contributed by atoms with Crippen LogP contribution in [-0.2, 0) is 4.79 Å². The van der Waals surface area contributed by atoms with Gasteiger partial charge in [-0.3, -0.25) is 0 Å². The van der Waals surface area contributed by atoms with Gasteiger partial charge in [-0.1, -0.05) is 12.1 Å². The zero-order valence-corrected chi connectivity index (χ0v) is 13.9. The van der Waals surface area contributed by atoms with Crippen LogP contribution in [0, 0.1) is 0 Å². The third-order valence-corrected chi connectivity index (χ3v) is 3.91. The number of fused-ring (bicyclic) bond motifs is 1. The summed E-state index contributed by atoms with van der Waals surface area (Å²) in [5, 5.41) is 48.7. The quantitative estimate of drug-likeness (QED) is 0.406. The van der Waals surface area contributed by atoms with Crippen molar-refractivity contribution in [3.8, 4) is 0 Å². The van der Waals surface area contributed by atoms with E-state index in [4.69, 9.17) is 5.11 Å². The van der Waals surface area contributed by atoms with Crippen molar-refractivity contribution in [3.63, 3.8) is 0 Å². The van der Waals surface area contributed by atoms with Crippen LogP contribution in [-0.4, -0.2) is 49.7 Å². The summed E-state index contributed by atoms with van der Waals surface area (Å²) >= 11 is 1.09. The van der Waals surface area contributed by atoms with Gasteiger partial charge in [-0.25, -0.2) is 4.98 Å². The zero-order chi connectivity index (χ0) is 14.9. The van der Waals surface area contributed by atoms with E-state index in [-0.39, 0.29) is 34.6 Å². The van der Waals surface area contributed by atoms with Crippen LogP contribution in [0.3, 0.4) is 0 Å². The number of rotatable bonds is 5. The average molecular weight is 321 g/mol. The summed E-state index contributed by atoms with van der Waals surface area (Å²) < 4.78 is 0.767. The molecule has 4 unspecified atom stereocenters. The molecule has 4 atom stereocenters. The molecule has 0 aliphatic heterocycles. The SMILES string of the molecule is O=C([O-])C(O)C(O)C(O)C(O)c1nc2ccccc2s1.[Na+]. The Labute approximate surface area is 145 Å². The molecule has 1 heterocycles. The number of hydrogen-bond acceptors (Lipinski definition) is 8. The third kappa shape index (κ3) is 3.99. The Kier molecular flexibility index (Phi) is 6.70. The molecule has 0 saturated carbocycles. The number of carboxylic acid groups (broad SMARTS) is 1. The van der Waals surface area contributed by atoms with Crippen molar-refractivity contribution in [1.29, 1.82) is 0 Å². The summed E-state index contributed by atoms with van der Waals surface area (Å²) in [7, 11) is 0. The minimum atomic E-state index is -2.30. The van der Waals surface area contributed by atoms with Gasteiger partial charge in [-0.05, 0) is 12.1 Å². The largest absolute Gasteiger partial charge is 1.00 e. The fourth-order valence-corrected chi connectivity index (χ4v) is 2.67. The number of aliphatic carboxylic acids is 1. The molecule has 0 amide bonds. The van der Waals surface area contributed by atoms with Crippen LogP contribution >= 0.6 is 11.3 Å². The molecule has 9 heteroatoms. The summed E-state index contributed by atoms with van der Waals surface area (Å²) in [6.07, 6.45) is -7.89. The van der Waals surface area contributed by atoms with Crippen LogP contribution in [0.2, 0.25) is 0 Å². The van der Waals surface area contributed by atoms with E-state index >= 15 is 0 Å². The number of aromatic nitrogens is 1. The number of para-hydroxylation sites is 1. The first-order valence-corrected chi connectivity index (χ1v) is 6.52.